The molecule has 2 unspecified atom stereocenters. The number of hydrogen-bond donors (Lipinski definition) is 2. The Morgan fingerprint density at radius 2 is 1.12 bits per heavy atom. The van der Waals surface area contributed by atoms with E-state index in [1.807, 2.05) is 0 Å². The molecule has 2 saturated carbocycles. The fourth-order valence-corrected chi connectivity index (χ4v) is 8.14. The van der Waals surface area contributed by atoms with E-state index in [9.17, 15) is 0 Å². The van der Waals surface area contributed by atoms with E-state index in [1.54, 1.807) is 0 Å². The van der Waals surface area contributed by atoms with Crippen LogP contribution in [0.5, 0.6) is 0 Å². The van der Waals surface area contributed by atoms with Crippen molar-refractivity contribution in [1.82, 2.24) is 0 Å². The van der Waals surface area contributed by atoms with Gasteiger partial charge >= 0.3 is 0 Å². The van der Waals surface area contributed by atoms with Gasteiger partial charge in [0.25, 0.3) is 0 Å². The number of nitrogens with one attached hydrogen (secondary N) is 2. The van der Waals surface area contributed by atoms with Crippen molar-refractivity contribution >= 4 is 17.1 Å². The van der Waals surface area contributed by atoms with Gasteiger partial charge < -0.3 is 10.6 Å². The van der Waals surface area contributed by atoms with Crippen LogP contribution in [0, 0.1) is 37.5 Å². The molecule has 3 aromatic rings. The number of anilines is 3. The molecule has 0 amide bonds. The van der Waals surface area contributed by atoms with Crippen LogP contribution in [0.2, 0.25) is 0 Å². The summed E-state index contributed by atoms with van der Waals surface area (Å²) in [5.41, 5.74) is 9.00. The molecule has 41 heavy (non-hydrogen) atoms. The smallest absolute Gasteiger partial charge is 0.0384 e. The molecular weight excluding hydrogens is 496 g/mol. The zero-order valence-electron chi connectivity index (χ0n) is 25.3. The molecule has 0 radical (unpaired) electrons. The lowest BCUT2D eigenvalue weighted by molar-refractivity contribution is 0.112. The molecule has 0 bridgehead atoms. The largest absolute Gasteiger partial charge is 0.356 e. The summed E-state index contributed by atoms with van der Waals surface area (Å²) in [5.74, 6) is 2.87. The molecule has 2 nitrogen and oxygen atoms in total. The van der Waals surface area contributed by atoms with Crippen molar-refractivity contribution in [1.29, 1.82) is 0 Å². The average molecular weight is 545 g/mol. The molecule has 3 aromatic carbocycles. The van der Waals surface area contributed by atoms with Gasteiger partial charge in [-0.25, -0.2) is 0 Å². The Morgan fingerprint density at radius 3 is 1.68 bits per heavy atom. The van der Waals surface area contributed by atoms with Gasteiger partial charge in [-0.15, -0.1) is 0 Å². The van der Waals surface area contributed by atoms with Crippen LogP contribution in [0.15, 0.2) is 96.7 Å². The van der Waals surface area contributed by atoms with Gasteiger partial charge in [0.15, 0.2) is 0 Å². The first-order valence-corrected chi connectivity index (χ1v) is 16.2. The molecule has 2 heteroatoms. The standard InChI is InChI=1S/C39H48N2/c1-28-9-15-34(16-10-28)40-36-19-13-33(14-20-36)39(25-23-32(24-26-39)31-7-5-4-6-8-31)38-22-21-37(27-30(38)3)41-35-17-11-29(2)12-18-35/h9-22,27,30-32,38,40-41H,4-8,23-26H2,1-3H3. The van der Waals surface area contributed by atoms with Crippen molar-refractivity contribution < 1.29 is 0 Å². The Kier molecular flexibility index (Phi) is 8.37. The number of benzene rings is 3. The number of rotatable bonds is 7. The first-order chi connectivity index (χ1) is 20.0. The lowest BCUT2D eigenvalue weighted by atomic mass is 9.55. The highest BCUT2D eigenvalue weighted by atomic mass is 14.9. The van der Waals surface area contributed by atoms with Crippen molar-refractivity contribution in [3.63, 3.8) is 0 Å². The highest BCUT2D eigenvalue weighted by Crippen LogP contribution is 2.53. The van der Waals surface area contributed by atoms with Crippen molar-refractivity contribution in [2.75, 3.05) is 10.6 Å². The summed E-state index contributed by atoms with van der Waals surface area (Å²) in [5, 5.41) is 7.28. The zero-order chi connectivity index (χ0) is 28.2. The molecule has 2 N–H and O–H groups in total. The molecule has 0 saturated heterocycles. The lowest BCUT2D eigenvalue weighted by Crippen LogP contribution is -2.42. The van der Waals surface area contributed by atoms with Crippen molar-refractivity contribution in [2.24, 2.45) is 23.7 Å². The molecule has 0 aliphatic heterocycles. The summed E-state index contributed by atoms with van der Waals surface area (Å²) in [4.78, 5) is 0. The predicted octanol–water partition coefficient (Wildman–Crippen LogP) is 10.9. The van der Waals surface area contributed by atoms with Gasteiger partial charge in [0.05, 0.1) is 0 Å². The van der Waals surface area contributed by atoms with Crippen LogP contribution in [0.25, 0.3) is 0 Å². The lowest BCUT2D eigenvalue weighted by Gasteiger charge is -2.49. The van der Waals surface area contributed by atoms with Crippen molar-refractivity contribution in [2.45, 2.75) is 84.0 Å². The first kappa shape index (κ1) is 27.9. The molecule has 0 spiro atoms. The van der Waals surface area contributed by atoms with Gasteiger partial charge in [-0.1, -0.05) is 98.7 Å². The number of aryl methyl sites for hydroxylation is 2. The molecule has 214 valence electrons. The van der Waals surface area contributed by atoms with Gasteiger partial charge in [-0.3, -0.25) is 0 Å². The van der Waals surface area contributed by atoms with E-state index in [0.29, 0.717) is 11.8 Å². The average Bonchev–Trinajstić information content (AvgIpc) is 3.00. The third-order valence-corrected chi connectivity index (χ3v) is 10.5. The fraction of sp³-hybridized carbons (Fsp3) is 0.436. The minimum atomic E-state index is 0.190. The van der Waals surface area contributed by atoms with Crippen LogP contribution < -0.4 is 10.6 Å². The second-order valence-corrected chi connectivity index (χ2v) is 13.3. The zero-order valence-corrected chi connectivity index (χ0v) is 25.3. The molecule has 2 atom stereocenters. The van der Waals surface area contributed by atoms with Gasteiger partial charge in [-0.2, -0.15) is 0 Å². The van der Waals surface area contributed by atoms with Crippen LogP contribution in [0.4, 0.5) is 17.1 Å². The molecule has 6 rings (SSSR count). The molecule has 0 aromatic heterocycles. The normalized spacial score (nSPS) is 26.8. The van der Waals surface area contributed by atoms with E-state index in [0.717, 1.165) is 23.2 Å². The first-order valence-electron chi connectivity index (χ1n) is 16.2. The van der Waals surface area contributed by atoms with Gasteiger partial charge in [0.2, 0.25) is 0 Å². The van der Waals surface area contributed by atoms with E-state index < -0.39 is 0 Å². The van der Waals surface area contributed by atoms with E-state index in [-0.39, 0.29) is 5.41 Å². The van der Waals surface area contributed by atoms with E-state index in [4.69, 9.17) is 0 Å². The Morgan fingerprint density at radius 1 is 0.610 bits per heavy atom. The van der Waals surface area contributed by atoms with Crippen molar-refractivity contribution in [3.05, 3.63) is 113 Å². The van der Waals surface area contributed by atoms with Crippen LogP contribution in [0.3, 0.4) is 0 Å². The molecule has 0 heterocycles. The van der Waals surface area contributed by atoms with Gasteiger partial charge in [0.1, 0.15) is 0 Å². The molecule has 3 aliphatic carbocycles. The maximum atomic E-state index is 3.66. The Bertz CT molecular complexity index is 1330. The summed E-state index contributed by atoms with van der Waals surface area (Å²) in [7, 11) is 0. The molecule has 3 aliphatic rings. The van der Waals surface area contributed by atoms with E-state index >= 15 is 0 Å². The van der Waals surface area contributed by atoms with Crippen molar-refractivity contribution in [3.8, 4) is 0 Å². The summed E-state index contributed by atoms with van der Waals surface area (Å²) < 4.78 is 0. The number of hydrogen-bond acceptors (Lipinski definition) is 2. The van der Waals surface area contributed by atoms with Crippen LogP contribution in [0.1, 0.15) is 81.4 Å². The predicted molar refractivity (Wildman–Crippen MR) is 176 cm³/mol. The summed E-state index contributed by atoms with van der Waals surface area (Å²) in [6.45, 7) is 6.72. The maximum absolute atomic E-state index is 3.66. The summed E-state index contributed by atoms with van der Waals surface area (Å²) in [6.07, 6.45) is 20.0. The number of allylic oxidation sites excluding steroid dienone is 3. The third kappa shape index (κ3) is 6.32. The van der Waals surface area contributed by atoms with Crippen LogP contribution in [-0.2, 0) is 5.41 Å². The Balaban J connectivity index is 1.23. The van der Waals surface area contributed by atoms with Crippen LogP contribution in [-0.4, -0.2) is 0 Å². The van der Waals surface area contributed by atoms with Gasteiger partial charge in [0, 0.05) is 28.2 Å². The minimum Gasteiger partial charge on any atom is -0.356 e. The highest BCUT2D eigenvalue weighted by Gasteiger charge is 2.45. The Hall–Kier alpha value is -3.26. The van der Waals surface area contributed by atoms with E-state index in [2.05, 4.69) is 122 Å². The maximum Gasteiger partial charge on any atom is 0.0384 e. The molecular formula is C39H48N2. The Labute approximate surface area is 248 Å². The minimum absolute atomic E-state index is 0.190. The topological polar surface area (TPSA) is 24.1 Å². The SMILES string of the molecule is Cc1ccc(NC2=CC(C)C(C3(c4ccc(Nc5ccc(C)cc5)cc4)CCC(C4CCCCC4)CC3)C=C2)cc1. The second-order valence-electron chi connectivity index (χ2n) is 13.3. The summed E-state index contributed by atoms with van der Waals surface area (Å²) >= 11 is 0. The highest BCUT2D eigenvalue weighted by molar-refractivity contribution is 5.60. The summed E-state index contributed by atoms with van der Waals surface area (Å²) in [6, 6.07) is 26.9. The van der Waals surface area contributed by atoms with Crippen LogP contribution >= 0.6 is 0 Å². The quantitative estimate of drug-likeness (QED) is 0.309. The second kappa shape index (κ2) is 12.3. The van der Waals surface area contributed by atoms with Gasteiger partial charge in [-0.05, 0) is 111 Å². The fourth-order valence-electron chi connectivity index (χ4n) is 8.14. The van der Waals surface area contributed by atoms with E-state index in [1.165, 1.54) is 85.9 Å². The third-order valence-electron chi connectivity index (χ3n) is 10.5. The molecule has 2 fully saturated rings. The monoisotopic (exact) mass is 544 g/mol.